The Morgan fingerprint density at radius 1 is 1.40 bits per heavy atom. The minimum atomic E-state index is -0.719. The minimum Gasteiger partial charge on any atom is -0.481 e. The Bertz CT molecular complexity index is 255. The summed E-state index contributed by atoms with van der Waals surface area (Å²) in [5, 5.41) is 11.6. The lowest BCUT2D eigenvalue weighted by atomic mass is 9.76. The number of carboxylic acid groups (broad SMARTS) is 1. The maximum Gasteiger partial charge on any atom is 0.303 e. The molecule has 0 unspecified atom stereocenters. The second-order valence-corrected chi connectivity index (χ2v) is 4.78. The van der Waals surface area contributed by atoms with Crippen LogP contribution in [0.5, 0.6) is 0 Å². The number of rotatable bonds is 3. The Morgan fingerprint density at radius 2 is 1.93 bits per heavy atom. The molecule has 0 saturated heterocycles. The van der Waals surface area contributed by atoms with E-state index >= 15 is 0 Å². The van der Waals surface area contributed by atoms with Crippen LogP contribution in [0.2, 0.25) is 0 Å². The summed E-state index contributed by atoms with van der Waals surface area (Å²) in [6, 6.07) is 0. The van der Waals surface area contributed by atoms with Crippen LogP contribution in [-0.4, -0.2) is 22.5 Å². The Labute approximate surface area is 90.0 Å². The summed E-state index contributed by atoms with van der Waals surface area (Å²) in [7, 11) is 0. The van der Waals surface area contributed by atoms with E-state index in [1.807, 2.05) is 6.92 Å². The molecule has 0 bridgehead atoms. The van der Waals surface area contributed by atoms with Gasteiger partial charge in [-0.05, 0) is 38.5 Å². The molecule has 0 aromatic carbocycles. The molecule has 15 heavy (non-hydrogen) atoms. The second-order valence-electron chi connectivity index (χ2n) is 4.78. The van der Waals surface area contributed by atoms with Gasteiger partial charge in [-0.25, -0.2) is 0 Å². The van der Waals surface area contributed by atoms with Gasteiger partial charge in [0.05, 0.1) is 0 Å². The zero-order valence-corrected chi connectivity index (χ0v) is 9.38. The van der Waals surface area contributed by atoms with Gasteiger partial charge in [0, 0.05) is 18.9 Å². The normalized spacial score (nSPS) is 30.9. The number of aliphatic carboxylic acids is 1. The Kier molecular flexibility index (Phi) is 3.72. The molecule has 0 aliphatic heterocycles. The van der Waals surface area contributed by atoms with Crippen molar-refractivity contribution in [2.75, 3.05) is 0 Å². The van der Waals surface area contributed by atoms with Crippen LogP contribution in [-0.2, 0) is 9.59 Å². The fraction of sp³-hybridized carbons (Fsp3) is 0.818. The first kappa shape index (κ1) is 12.0. The van der Waals surface area contributed by atoms with Gasteiger partial charge in [0.15, 0.2) is 0 Å². The largest absolute Gasteiger partial charge is 0.481 e. The number of nitrogens with one attached hydrogen (secondary N) is 1. The average Bonchev–Trinajstić information content (AvgIpc) is 2.07. The van der Waals surface area contributed by atoms with Gasteiger partial charge < -0.3 is 10.4 Å². The SMILES string of the molecule is CC(=O)NC1(C)CCC(CC(=O)O)CC1. The van der Waals surface area contributed by atoms with Crippen LogP contribution < -0.4 is 5.32 Å². The molecule has 86 valence electrons. The maximum atomic E-state index is 11.0. The molecule has 1 aliphatic rings. The Balaban J connectivity index is 2.40. The highest BCUT2D eigenvalue weighted by atomic mass is 16.4. The van der Waals surface area contributed by atoms with Crippen LogP contribution in [0.4, 0.5) is 0 Å². The molecule has 0 heterocycles. The molecule has 4 nitrogen and oxygen atoms in total. The van der Waals surface area contributed by atoms with Gasteiger partial charge in [0.25, 0.3) is 0 Å². The number of carbonyl (C=O) groups is 2. The summed E-state index contributed by atoms with van der Waals surface area (Å²) in [4.78, 5) is 21.5. The van der Waals surface area contributed by atoms with Crippen molar-refractivity contribution >= 4 is 11.9 Å². The van der Waals surface area contributed by atoms with E-state index in [-0.39, 0.29) is 23.8 Å². The third-order valence-electron chi connectivity index (χ3n) is 3.15. The number of hydrogen-bond donors (Lipinski definition) is 2. The third kappa shape index (κ3) is 3.90. The number of hydrogen-bond acceptors (Lipinski definition) is 2. The van der Waals surface area contributed by atoms with Crippen molar-refractivity contribution in [2.45, 2.75) is 51.5 Å². The number of carbonyl (C=O) groups excluding carboxylic acids is 1. The molecular weight excluding hydrogens is 194 g/mol. The van der Waals surface area contributed by atoms with Gasteiger partial charge in [-0.1, -0.05) is 0 Å². The quantitative estimate of drug-likeness (QED) is 0.747. The molecule has 1 amide bonds. The summed E-state index contributed by atoms with van der Waals surface area (Å²) >= 11 is 0. The van der Waals surface area contributed by atoms with Crippen LogP contribution in [0.15, 0.2) is 0 Å². The molecule has 4 heteroatoms. The molecular formula is C11H19NO3. The molecule has 1 rings (SSSR count). The van der Waals surface area contributed by atoms with Gasteiger partial charge in [-0.15, -0.1) is 0 Å². The standard InChI is InChI=1S/C11H19NO3/c1-8(13)12-11(2)5-3-9(4-6-11)7-10(14)15/h9H,3-7H2,1-2H3,(H,12,13)(H,14,15). The predicted octanol–water partition coefficient (Wildman–Crippen LogP) is 1.55. The molecule has 1 fully saturated rings. The van der Waals surface area contributed by atoms with Crippen molar-refractivity contribution in [2.24, 2.45) is 5.92 Å². The summed E-state index contributed by atoms with van der Waals surface area (Å²) in [6.45, 7) is 3.56. The van der Waals surface area contributed by atoms with Crippen molar-refractivity contribution in [1.82, 2.24) is 5.32 Å². The lowest BCUT2D eigenvalue weighted by molar-refractivity contribution is -0.138. The van der Waals surface area contributed by atoms with E-state index in [2.05, 4.69) is 5.32 Å². The highest BCUT2D eigenvalue weighted by Crippen LogP contribution is 2.33. The zero-order valence-electron chi connectivity index (χ0n) is 9.38. The van der Waals surface area contributed by atoms with Crippen molar-refractivity contribution in [1.29, 1.82) is 0 Å². The number of amides is 1. The van der Waals surface area contributed by atoms with E-state index in [0.717, 1.165) is 25.7 Å². The van der Waals surface area contributed by atoms with Gasteiger partial charge >= 0.3 is 5.97 Å². The molecule has 0 radical (unpaired) electrons. The summed E-state index contributed by atoms with van der Waals surface area (Å²) < 4.78 is 0. The first-order chi connectivity index (χ1) is 6.91. The first-order valence-corrected chi connectivity index (χ1v) is 5.42. The lowest BCUT2D eigenvalue weighted by Crippen LogP contribution is -2.47. The molecule has 2 N–H and O–H groups in total. The Hall–Kier alpha value is -1.06. The Morgan fingerprint density at radius 3 is 2.33 bits per heavy atom. The second kappa shape index (κ2) is 4.64. The number of carboxylic acids is 1. The van der Waals surface area contributed by atoms with Crippen LogP contribution in [0.1, 0.15) is 46.0 Å². The van der Waals surface area contributed by atoms with Gasteiger partial charge in [0.1, 0.15) is 0 Å². The van der Waals surface area contributed by atoms with Crippen molar-refractivity contribution in [3.05, 3.63) is 0 Å². The van der Waals surface area contributed by atoms with E-state index in [1.54, 1.807) is 0 Å². The van der Waals surface area contributed by atoms with E-state index in [4.69, 9.17) is 5.11 Å². The highest BCUT2D eigenvalue weighted by molar-refractivity contribution is 5.73. The van der Waals surface area contributed by atoms with Gasteiger partial charge in [-0.3, -0.25) is 9.59 Å². The fourth-order valence-electron chi connectivity index (χ4n) is 2.32. The van der Waals surface area contributed by atoms with Crippen LogP contribution >= 0.6 is 0 Å². The fourth-order valence-corrected chi connectivity index (χ4v) is 2.32. The summed E-state index contributed by atoms with van der Waals surface area (Å²) in [5.74, 6) is -0.443. The maximum absolute atomic E-state index is 11.0. The topological polar surface area (TPSA) is 66.4 Å². The first-order valence-electron chi connectivity index (χ1n) is 5.42. The average molecular weight is 213 g/mol. The van der Waals surface area contributed by atoms with Crippen molar-refractivity contribution in [3.8, 4) is 0 Å². The molecule has 0 aromatic rings. The van der Waals surface area contributed by atoms with Gasteiger partial charge in [-0.2, -0.15) is 0 Å². The van der Waals surface area contributed by atoms with E-state index in [1.165, 1.54) is 6.92 Å². The molecule has 1 saturated carbocycles. The smallest absolute Gasteiger partial charge is 0.303 e. The van der Waals surface area contributed by atoms with E-state index in [0.29, 0.717) is 0 Å². The molecule has 0 spiro atoms. The molecule has 0 atom stereocenters. The van der Waals surface area contributed by atoms with Crippen molar-refractivity contribution < 1.29 is 14.7 Å². The van der Waals surface area contributed by atoms with Crippen LogP contribution in [0.3, 0.4) is 0 Å². The predicted molar refractivity (Wildman–Crippen MR) is 56.4 cm³/mol. The summed E-state index contributed by atoms with van der Waals surface area (Å²) in [5.41, 5.74) is -0.124. The van der Waals surface area contributed by atoms with Crippen LogP contribution in [0, 0.1) is 5.92 Å². The highest BCUT2D eigenvalue weighted by Gasteiger charge is 2.32. The van der Waals surface area contributed by atoms with Crippen LogP contribution in [0.25, 0.3) is 0 Å². The van der Waals surface area contributed by atoms with E-state index in [9.17, 15) is 9.59 Å². The monoisotopic (exact) mass is 213 g/mol. The van der Waals surface area contributed by atoms with E-state index < -0.39 is 5.97 Å². The van der Waals surface area contributed by atoms with Gasteiger partial charge in [0.2, 0.25) is 5.91 Å². The summed E-state index contributed by atoms with van der Waals surface area (Å²) in [6.07, 6.45) is 3.80. The lowest BCUT2D eigenvalue weighted by Gasteiger charge is -2.37. The van der Waals surface area contributed by atoms with Crippen molar-refractivity contribution in [3.63, 3.8) is 0 Å². The zero-order chi connectivity index (χ0) is 11.5. The third-order valence-corrected chi connectivity index (χ3v) is 3.15. The molecule has 0 aromatic heterocycles. The molecule has 1 aliphatic carbocycles. The minimum absolute atomic E-state index is 0.00538.